The number of hydrogen-bond acceptors (Lipinski definition) is 2. The molecule has 0 aromatic heterocycles. The van der Waals surface area contributed by atoms with Crippen molar-refractivity contribution in [3.05, 3.63) is 0 Å². The molecule has 3 unspecified atom stereocenters. The van der Waals surface area contributed by atoms with Gasteiger partial charge < -0.3 is 14.9 Å². The maximum Gasteiger partial charge on any atom is 0.320 e. The number of carbonyl (C=O) groups excluding carboxylic acids is 1. The molecule has 2 amide bonds. The van der Waals surface area contributed by atoms with Gasteiger partial charge in [0.05, 0.1) is 5.92 Å². The van der Waals surface area contributed by atoms with Crippen LogP contribution in [0.4, 0.5) is 4.79 Å². The van der Waals surface area contributed by atoms with Crippen LogP contribution >= 0.6 is 0 Å². The number of nitrogens with zero attached hydrogens (tertiary/aromatic N) is 2. The van der Waals surface area contributed by atoms with E-state index in [2.05, 4.69) is 13.8 Å². The Morgan fingerprint density at radius 3 is 2.63 bits per heavy atom. The van der Waals surface area contributed by atoms with Crippen molar-refractivity contribution in [2.45, 2.75) is 58.0 Å². The first-order chi connectivity index (χ1) is 9.04. The van der Waals surface area contributed by atoms with Crippen LogP contribution in [0.5, 0.6) is 0 Å². The number of carboxylic acids is 1. The van der Waals surface area contributed by atoms with Gasteiger partial charge in [-0.05, 0) is 39.0 Å². The number of rotatable bonds is 2. The van der Waals surface area contributed by atoms with E-state index in [0.29, 0.717) is 25.6 Å². The van der Waals surface area contributed by atoms with E-state index in [9.17, 15) is 9.59 Å². The van der Waals surface area contributed by atoms with Gasteiger partial charge in [-0.2, -0.15) is 0 Å². The predicted octanol–water partition coefficient (Wildman–Crippen LogP) is 2.17. The molecule has 2 heterocycles. The van der Waals surface area contributed by atoms with Gasteiger partial charge in [-0.1, -0.05) is 6.92 Å². The van der Waals surface area contributed by atoms with Crippen molar-refractivity contribution >= 4 is 12.0 Å². The summed E-state index contributed by atoms with van der Waals surface area (Å²) in [7, 11) is 0. The van der Waals surface area contributed by atoms with Crippen molar-refractivity contribution in [3.63, 3.8) is 0 Å². The van der Waals surface area contributed by atoms with E-state index in [1.165, 1.54) is 0 Å². The number of urea groups is 1. The first-order valence-electron chi connectivity index (χ1n) is 7.34. The third-order valence-electron chi connectivity index (χ3n) is 4.52. The molecule has 19 heavy (non-hydrogen) atoms. The fraction of sp³-hybridized carbons (Fsp3) is 0.857. The molecule has 2 fully saturated rings. The molecule has 0 aliphatic carbocycles. The Morgan fingerprint density at radius 2 is 2.00 bits per heavy atom. The van der Waals surface area contributed by atoms with Crippen LogP contribution in [-0.2, 0) is 4.79 Å². The Balaban J connectivity index is 2.04. The highest BCUT2D eigenvalue weighted by Gasteiger charge is 2.37. The number of piperidine rings is 1. The summed E-state index contributed by atoms with van der Waals surface area (Å²) >= 11 is 0. The molecular weight excluding hydrogens is 244 g/mol. The molecule has 0 spiro atoms. The van der Waals surface area contributed by atoms with Crippen LogP contribution < -0.4 is 0 Å². The molecule has 108 valence electrons. The molecule has 5 nitrogen and oxygen atoms in total. The normalized spacial score (nSPS) is 31.6. The maximum absolute atomic E-state index is 12.6. The van der Waals surface area contributed by atoms with E-state index in [0.717, 1.165) is 25.7 Å². The van der Waals surface area contributed by atoms with E-state index < -0.39 is 11.9 Å². The lowest BCUT2D eigenvalue weighted by molar-refractivity contribution is -0.143. The highest BCUT2D eigenvalue weighted by Crippen LogP contribution is 2.28. The summed E-state index contributed by atoms with van der Waals surface area (Å²) in [6.07, 6.45) is 4.58. The second-order valence-electron chi connectivity index (χ2n) is 5.80. The minimum absolute atomic E-state index is 0.0443. The van der Waals surface area contributed by atoms with Gasteiger partial charge in [-0.3, -0.25) is 4.79 Å². The smallest absolute Gasteiger partial charge is 0.320 e. The summed E-state index contributed by atoms with van der Waals surface area (Å²) in [6, 6.07) is 0.651. The second kappa shape index (κ2) is 5.80. The third kappa shape index (κ3) is 2.85. The van der Waals surface area contributed by atoms with Crippen molar-refractivity contribution in [2.75, 3.05) is 13.1 Å². The largest absolute Gasteiger partial charge is 0.481 e. The van der Waals surface area contributed by atoms with Gasteiger partial charge in [0.1, 0.15) is 0 Å². The van der Waals surface area contributed by atoms with E-state index in [1.54, 1.807) is 4.90 Å². The predicted molar refractivity (Wildman–Crippen MR) is 71.9 cm³/mol. The summed E-state index contributed by atoms with van der Waals surface area (Å²) < 4.78 is 0. The number of carboxylic acid groups (broad SMARTS) is 1. The molecule has 0 aromatic rings. The number of aliphatic carboxylic acids is 1. The highest BCUT2D eigenvalue weighted by molar-refractivity contribution is 5.77. The third-order valence-corrected chi connectivity index (χ3v) is 4.52. The van der Waals surface area contributed by atoms with E-state index in [1.807, 2.05) is 4.90 Å². The van der Waals surface area contributed by atoms with Crippen LogP contribution in [0.25, 0.3) is 0 Å². The lowest BCUT2D eigenvalue weighted by Gasteiger charge is -2.37. The zero-order valence-electron chi connectivity index (χ0n) is 11.8. The SMILES string of the molecule is CCC1CCC(C)N1C(=O)N1CCCC(C(=O)O)C1. The quantitative estimate of drug-likeness (QED) is 0.835. The Kier molecular flexibility index (Phi) is 4.32. The van der Waals surface area contributed by atoms with Gasteiger partial charge in [-0.25, -0.2) is 4.79 Å². The van der Waals surface area contributed by atoms with Gasteiger partial charge in [0.15, 0.2) is 0 Å². The molecule has 0 saturated carbocycles. The first kappa shape index (κ1) is 14.2. The van der Waals surface area contributed by atoms with Crippen molar-refractivity contribution in [2.24, 2.45) is 5.92 Å². The van der Waals surface area contributed by atoms with Crippen LogP contribution in [0.1, 0.15) is 46.0 Å². The van der Waals surface area contributed by atoms with E-state index >= 15 is 0 Å². The van der Waals surface area contributed by atoms with Gasteiger partial charge in [0.2, 0.25) is 0 Å². The van der Waals surface area contributed by atoms with Crippen molar-refractivity contribution < 1.29 is 14.7 Å². The fourth-order valence-electron chi connectivity index (χ4n) is 3.33. The Hall–Kier alpha value is -1.26. The number of carbonyl (C=O) groups is 2. The lowest BCUT2D eigenvalue weighted by Crippen LogP contribution is -2.51. The zero-order chi connectivity index (χ0) is 14.0. The molecule has 2 aliphatic rings. The molecule has 0 aromatic carbocycles. The average Bonchev–Trinajstić information content (AvgIpc) is 2.79. The van der Waals surface area contributed by atoms with Crippen LogP contribution in [0, 0.1) is 5.92 Å². The Morgan fingerprint density at radius 1 is 1.26 bits per heavy atom. The summed E-state index contributed by atoms with van der Waals surface area (Å²) in [6.45, 7) is 5.27. The number of likely N-dealkylation sites (tertiary alicyclic amines) is 2. The molecule has 1 N–H and O–H groups in total. The van der Waals surface area contributed by atoms with E-state index in [-0.39, 0.29) is 12.1 Å². The molecular formula is C14H24N2O3. The van der Waals surface area contributed by atoms with Gasteiger partial charge in [0, 0.05) is 25.2 Å². The monoisotopic (exact) mass is 268 g/mol. The standard InChI is InChI=1S/C14H24N2O3/c1-3-12-7-6-10(2)16(12)14(19)15-8-4-5-11(9-15)13(17)18/h10-12H,3-9H2,1-2H3,(H,17,18). The molecule has 0 radical (unpaired) electrons. The lowest BCUT2D eigenvalue weighted by atomic mass is 9.98. The topological polar surface area (TPSA) is 60.9 Å². The average molecular weight is 268 g/mol. The highest BCUT2D eigenvalue weighted by atomic mass is 16.4. The van der Waals surface area contributed by atoms with Crippen molar-refractivity contribution in [1.29, 1.82) is 0 Å². The zero-order valence-corrected chi connectivity index (χ0v) is 11.8. The molecule has 5 heteroatoms. The van der Waals surface area contributed by atoms with Crippen LogP contribution in [0.15, 0.2) is 0 Å². The molecule has 0 bridgehead atoms. The minimum Gasteiger partial charge on any atom is -0.481 e. The van der Waals surface area contributed by atoms with Crippen LogP contribution in [-0.4, -0.2) is 52.1 Å². The van der Waals surface area contributed by atoms with Gasteiger partial charge >= 0.3 is 12.0 Å². The summed E-state index contributed by atoms with van der Waals surface area (Å²) in [5.74, 6) is -1.17. The molecule has 2 saturated heterocycles. The fourth-order valence-corrected chi connectivity index (χ4v) is 3.33. The van der Waals surface area contributed by atoms with Gasteiger partial charge in [0.25, 0.3) is 0 Å². The summed E-state index contributed by atoms with van der Waals surface area (Å²) in [4.78, 5) is 27.4. The minimum atomic E-state index is -0.779. The molecule has 2 rings (SSSR count). The van der Waals surface area contributed by atoms with Crippen LogP contribution in [0.2, 0.25) is 0 Å². The maximum atomic E-state index is 12.6. The molecule has 3 atom stereocenters. The Labute approximate surface area is 114 Å². The van der Waals surface area contributed by atoms with Crippen LogP contribution in [0.3, 0.4) is 0 Å². The van der Waals surface area contributed by atoms with Gasteiger partial charge in [-0.15, -0.1) is 0 Å². The van der Waals surface area contributed by atoms with E-state index in [4.69, 9.17) is 5.11 Å². The van der Waals surface area contributed by atoms with Crippen molar-refractivity contribution in [3.8, 4) is 0 Å². The van der Waals surface area contributed by atoms with Crippen molar-refractivity contribution in [1.82, 2.24) is 9.80 Å². The second-order valence-corrected chi connectivity index (χ2v) is 5.80. The Bertz CT molecular complexity index is 359. The number of amides is 2. The first-order valence-corrected chi connectivity index (χ1v) is 7.34. The molecule has 2 aliphatic heterocycles. The number of hydrogen-bond donors (Lipinski definition) is 1. The summed E-state index contributed by atoms with van der Waals surface area (Å²) in [5, 5.41) is 9.10. The summed E-state index contributed by atoms with van der Waals surface area (Å²) in [5.41, 5.74) is 0.